The zero-order valence-corrected chi connectivity index (χ0v) is 11.2. The fraction of sp³-hybridized carbons (Fsp3) is 0.400. The van der Waals surface area contributed by atoms with Gasteiger partial charge in [-0.05, 0) is 36.1 Å². The molecule has 3 nitrogen and oxygen atoms in total. The lowest BCUT2D eigenvalue weighted by molar-refractivity contribution is 0.0949. The molecule has 3 heteroatoms. The summed E-state index contributed by atoms with van der Waals surface area (Å²) in [4.78, 5) is 15.1. The molecule has 0 radical (unpaired) electrons. The van der Waals surface area contributed by atoms with E-state index in [-0.39, 0.29) is 11.3 Å². The first kappa shape index (κ1) is 12.7. The van der Waals surface area contributed by atoms with Gasteiger partial charge >= 0.3 is 0 Å². The maximum absolute atomic E-state index is 12.0. The predicted molar refractivity (Wildman–Crippen MR) is 74.7 cm³/mol. The number of hydrogen-bond donors (Lipinski definition) is 2. The van der Waals surface area contributed by atoms with E-state index in [0.717, 1.165) is 22.9 Å². The molecule has 0 spiro atoms. The highest BCUT2D eigenvalue weighted by molar-refractivity contribution is 5.98. The average Bonchev–Trinajstić information content (AvgIpc) is 2.73. The van der Waals surface area contributed by atoms with E-state index in [1.165, 1.54) is 0 Å². The van der Waals surface area contributed by atoms with Gasteiger partial charge in [0.25, 0.3) is 5.91 Å². The number of benzene rings is 1. The molecule has 2 rings (SSSR count). The number of aromatic nitrogens is 1. The van der Waals surface area contributed by atoms with Gasteiger partial charge in [-0.2, -0.15) is 0 Å². The Hall–Kier alpha value is -1.77. The molecule has 2 N–H and O–H groups in total. The van der Waals surface area contributed by atoms with Crippen LogP contribution >= 0.6 is 0 Å². The third-order valence-electron chi connectivity index (χ3n) is 2.98. The molecule has 0 aliphatic rings. The van der Waals surface area contributed by atoms with Crippen LogP contribution in [0.2, 0.25) is 0 Å². The molecule has 0 atom stereocenters. The Morgan fingerprint density at radius 2 is 2.06 bits per heavy atom. The first-order valence-electron chi connectivity index (χ1n) is 6.31. The van der Waals surface area contributed by atoms with Gasteiger partial charge in [0.1, 0.15) is 0 Å². The van der Waals surface area contributed by atoms with Gasteiger partial charge in [-0.15, -0.1) is 0 Å². The third-order valence-corrected chi connectivity index (χ3v) is 2.98. The van der Waals surface area contributed by atoms with Crippen LogP contribution in [0.3, 0.4) is 0 Å². The Kier molecular flexibility index (Phi) is 3.41. The average molecular weight is 244 g/mol. The Morgan fingerprint density at radius 1 is 1.28 bits per heavy atom. The molecule has 1 aromatic heterocycles. The van der Waals surface area contributed by atoms with Gasteiger partial charge in [0, 0.05) is 29.2 Å². The van der Waals surface area contributed by atoms with Crippen LogP contribution in [0.4, 0.5) is 0 Å². The molecule has 0 bridgehead atoms. The van der Waals surface area contributed by atoms with Crippen LogP contribution in [0, 0.1) is 5.41 Å². The SMILES string of the molecule is CC(C)(C)CCNC(=O)c1ccc2[nH]ccc2c1. The molecular formula is C15H20N2O. The largest absolute Gasteiger partial charge is 0.361 e. The van der Waals surface area contributed by atoms with Crippen molar-refractivity contribution in [1.82, 2.24) is 10.3 Å². The number of carbonyl (C=O) groups excluding carboxylic acids is 1. The second kappa shape index (κ2) is 4.84. The monoisotopic (exact) mass is 244 g/mol. The van der Waals surface area contributed by atoms with Gasteiger partial charge in [-0.25, -0.2) is 0 Å². The van der Waals surface area contributed by atoms with Crippen LogP contribution in [0.15, 0.2) is 30.5 Å². The number of rotatable bonds is 3. The van der Waals surface area contributed by atoms with Gasteiger partial charge in [0.05, 0.1) is 0 Å². The van der Waals surface area contributed by atoms with Crippen molar-refractivity contribution in [2.24, 2.45) is 5.41 Å². The Balaban J connectivity index is 2.00. The Labute approximate surface area is 108 Å². The van der Waals surface area contributed by atoms with Gasteiger partial charge in [-0.1, -0.05) is 20.8 Å². The summed E-state index contributed by atoms with van der Waals surface area (Å²) in [5.74, 6) is 0.00218. The lowest BCUT2D eigenvalue weighted by Crippen LogP contribution is -2.27. The van der Waals surface area contributed by atoms with E-state index < -0.39 is 0 Å². The maximum Gasteiger partial charge on any atom is 0.251 e. The van der Waals surface area contributed by atoms with Crippen LogP contribution in [-0.4, -0.2) is 17.4 Å². The lowest BCUT2D eigenvalue weighted by Gasteiger charge is -2.18. The number of H-pyrrole nitrogens is 1. The number of nitrogens with one attached hydrogen (secondary N) is 2. The molecule has 0 saturated carbocycles. The summed E-state index contributed by atoms with van der Waals surface area (Å²) in [5.41, 5.74) is 2.02. The highest BCUT2D eigenvalue weighted by Crippen LogP contribution is 2.17. The van der Waals surface area contributed by atoms with E-state index in [0.29, 0.717) is 6.54 Å². The topological polar surface area (TPSA) is 44.9 Å². The molecule has 0 unspecified atom stereocenters. The van der Waals surface area contributed by atoms with Crippen molar-refractivity contribution in [3.8, 4) is 0 Å². The number of amides is 1. The normalized spacial score (nSPS) is 11.7. The Morgan fingerprint density at radius 3 is 2.78 bits per heavy atom. The van der Waals surface area contributed by atoms with E-state index in [2.05, 4.69) is 31.1 Å². The molecular weight excluding hydrogens is 224 g/mol. The Bertz CT molecular complexity index is 549. The van der Waals surface area contributed by atoms with Crippen molar-refractivity contribution in [2.75, 3.05) is 6.54 Å². The highest BCUT2D eigenvalue weighted by Gasteiger charge is 2.11. The van der Waals surface area contributed by atoms with Crippen LogP contribution in [0.5, 0.6) is 0 Å². The summed E-state index contributed by atoms with van der Waals surface area (Å²) >= 11 is 0. The van der Waals surface area contributed by atoms with E-state index in [4.69, 9.17) is 0 Å². The number of hydrogen-bond acceptors (Lipinski definition) is 1. The zero-order valence-electron chi connectivity index (χ0n) is 11.2. The summed E-state index contributed by atoms with van der Waals surface area (Å²) in [6.45, 7) is 7.23. The molecule has 2 aromatic rings. The first-order chi connectivity index (χ1) is 8.46. The second-order valence-corrected chi connectivity index (χ2v) is 5.85. The summed E-state index contributed by atoms with van der Waals surface area (Å²) in [7, 11) is 0. The summed E-state index contributed by atoms with van der Waals surface area (Å²) in [5, 5.41) is 4.03. The predicted octanol–water partition coefficient (Wildman–Crippen LogP) is 3.33. The number of carbonyl (C=O) groups is 1. The molecule has 0 aliphatic carbocycles. The summed E-state index contributed by atoms with van der Waals surface area (Å²) < 4.78 is 0. The fourth-order valence-corrected chi connectivity index (χ4v) is 1.85. The van der Waals surface area contributed by atoms with Crippen LogP contribution < -0.4 is 5.32 Å². The van der Waals surface area contributed by atoms with Crippen LogP contribution in [-0.2, 0) is 0 Å². The fourth-order valence-electron chi connectivity index (χ4n) is 1.85. The number of fused-ring (bicyclic) bond motifs is 1. The molecule has 0 saturated heterocycles. The molecule has 0 aliphatic heterocycles. The minimum atomic E-state index is 0.00218. The molecule has 1 aromatic carbocycles. The second-order valence-electron chi connectivity index (χ2n) is 5.85. The summed E-state index contributed by atoms with van der Waals surface area (Å²) in [6, 6.07) is 7.68. The van der Waals surface area contributed by atoms with Crippen LogP contribution in [0.1, 0.15) is 37.6 Å². The van der Waals surface area contributed by atoms with Crippen molar-refractivity contribution in [3.05, 3.63) is 36.0 Å². The van der Waals surface area contributed by atoms with E-state index in [1.54, 1.807) is 0 Å². The van der Waals surface area contributed by atoms with E-state index in [9.17, 15) is 4.79 Å². The molecule has 96 valence electrons. The van der Waals surface area contributed by atoms with Crippen molar-refractivity contribution in [1.29, 1.82) is 0 Å². The molecule has 18 heavy (non-hydrogen) atoms. The molecule has 1 heterocycles. The van der Waals surface area contributed by atoms with Gasteiger partial charge in [-0.3, -0.25) is 4.79 Å². The first-order valence-corrected chi connectivity index (χ1v) is 6.31. The zero-order chi connectivity index (χ0) is 13.2. The van der Waals surface area contributed by atoms with E-state index in [1.807, 2.05) is 30.5 Å². The van der Waals surface area contributed by atoms with E-state index >= 15 is 0 Å². The van der Waals surface area contributed by atoms with Crippen molar-refractivity contribution in [3.63, 3.8) is 0 Å². The van der Waals surface area contributed by atoms with Crippen LogP contribution in [0.25, 0.3) is 10.9 Å². The minimum absolute atomic E-state index is 0.00218. The van der Waals surface area contributed by atoms with Gasteiger partial charge < -0.3 is 10.3 Å². The highest BCUT2D eigenvalue weighted by atomic mass is 16.1. The number of aromatic amines is 1. The smallest absolute Gasteiger partial charge is 0.251 e. The quantitative estimate of drug-likeness (QED) is 0.854. The van der Waals surface area contributed by atoms with Gasteiger partial charge in [0.15, 0.2) is 0 Å². The van der Waals surface area contributed by atoms with Crippen molar-refractivity contribution < 1.29 is 4.79 Å². The lowest BCUT2D eigenvalue weighted by atomic mass is 9.92. The minimum Gasteiger partial charge on any atom is -0.361 e. The van der Waals surface area contributed by atoms with Crippen molar-refractivity contribution in [2.45, 2.75) is 27.2 Å². The maximum atomic E-state index is 12.0. The van der Waals surface area contributed by atoms with Gasteiger partial charge in [0.2, 0.25) is 0 Å². The molecule has 1 amide bonds. The van der Waals surface area contributed by atoms with Crippen molar-refractivity contribution >= 4 is 16.8 Å². The standard InChI is InChI=1S/C15H20N2O/c1-15(2,3)7-9-17-14(18)12-4-5-13-11(10-12)6-8-16-13/h4-6,8,10,16H,7,9H2,1-3H3,(H,17,18). The summed E-state index contributed by atoms with van der Waals surface area (Å²) in [6.07, 6.45) is 2.86. The third kappa shape index (κ3) is 3.13. The molecule has 0 fully saturated rings.